The monoisotopic (exact) mass is 296 g/mol. The zero-order valence-corrected chi connectivity index (χ0v) is 14.5. The second kappa shape index (κ2) is 10.5. The molecular formula is C18H32O3. The molecule has 0 N–H and O–H groups in total. The first-order valence-electron chi connectivity index (χ1n) is 7.88. The van der Waals surface area contributed by atoms with Gasteiger partial charge in [0.2, 0.25) is 0 Å². The van der Waals surface area contributed by atoms with Crippen LogP contribution in [-0.4, -0.2) is 18.4 Å². The van der Waals surface area contributed by atoms with Crippen LogP contribution in [0.1, 0.15) is 60.8 Å². The maximum absolute atomic E-state index is 11.5. The smallest absolute Gasteiger partial charge is 0.434 e. The van der Waals surface area contributed by atoms with Gasteiger partial charge in [0, 0.05) is 6.42 Å². The average Bonchev–Trinajstić information content (AvgIpc) is 2.34. The van der Waals surface area contributed by atoms with Crippen molar-refractivity contribution in [1.29, 1.82) is 0 Å². The van der Waals surface area contributed by atoms with Crippen molar-refractivity contribution in [2.24, 2.45) is 11.8 Å². The molecule has 21 heavy (non-hydrogen) atoms. The Bertz CT molecular complexity index is 338. The third kappa shape index (κ3) is 13.5. The summed E-state index contributed by atoms with van der Waals surface area (Å²) in [5, 5.41) is 0. The van der Waals surface area contributed by atoms with Gasteiger partial charge in [-0.1, -0.05) is 52.0 Å². The van der Waals surface area contributed by atoms with Gasteiger partial charge < -0.3 is 9.47 Å². The van der Waals surface area contributed by atoms with E-state index in [1.807, 2.05) is 27.7 Å². The molecule has 0 aromatic carbocycles. The van der Waals surface area contributed by atoms with Gasteiger partial charge in [-0.2, -0.15) is 0 Å². The molecule has 0 rings (SSSR count). The minimum absolute atomic E-state index is 0.318. The molecule has 0 bridgehead atoms. The summed E-state index contributed by atoms with van der Waals surface area (Å²) >= 11 is 0. The van der Waals surface area contributed by atoms with E-state index in [1.54, 1.807) is 0 Å². The van der Waals surface area contributed by atoms with E-state index in [0.29, 0.717) is 24.9 Å². The van der Waals surface area contributed by atoms with Crippen molar-refractivity contribution in [3.63, 3.8) is 0 Å². The van der Waals surface area contributed by atoms with Crippen molar-refractivity contribution in [2.45, 2.75) is 66.4 Å². The van der Waals surface area contributed by atoms with E-state index < -0.39 is 11.8 Å². The molecule has 0 aliphatic rings. The number of carbonyl (C=O) groups is 1. The summed E-state index contributed by atoms with van der Waals surface area (Å²) in [5.74, 6) is 1.02. The standard InChI is InChI=1S/C18H32O3/c1-15(2)12-10-8-7-9-11-13-18(5,6)21-17(19)20-14-16(3)4/h8-11,15-16H,7,12-14H2,1-6H3/b10-8-,11-9-. The number of carbonyl (C=O) groups excluding carboxylic acids is 1. The Labute approximate surface area is 130 Å². The Morgan fingerprint density at radius 3 is 2.19 bits per heavy atom. The lowest BCUT2D eigenvalue weighted by Crippen LogP contribution is -2.28. The van der Waals surface area contributed by atoms with Gasteiger partial charge in [0.25, 0.3) is 0 Å². The maximum atomic E-state index is 11.5. The molecule has 0 aromatic heterocycles. The third-order valence-electron chi connectivity index (χ3n) is 2.72. The first-order valence-corrected chi connectivity index (χ1v) is 7.88. The van der Waals surface area contributed by atoms with Crippen molar-refractivity contribution in [2.75, 3.05) is 6.61 Å². The molecule has 0 amide bonds. The summed E-state index contributed by atoms with van der Waals surface area (Å²) in [5.41, 5.74) is -0.536. The molecule has 3 nitrogen and oxygen atoms in total. The molecule has 0 radical (unpaired) electrons. The van der Waals surface area contributed by atoms with Crippen molar-refractivity contribution in [3.05, 3.63) is 24.3 Å². The summed E-state index contributed by atoms with van der Waals surface area (Å²) in [6.07, 6.45) is 10.7. The normalized spacial score (nSPS) is 12.8. The summed E-state index contributed by atoms with van der Waals surface area (Å²) in [4.78, 5) is 11.5. The van der Waals surface area contributed by atoms with Crippen LogP contribution in [0.4, 0.5) is 4.79 Å². The molecule has 0 saturated heterocycles. The highest BCUT2D eigenvalue weighted by Gasteiger charge is 2.22. The summed E-state index contributed by atoms with van der Waals surface area (Å²) in [7, 11) is 0. The number of hydrogen-bond donors (Lipinski definition) is 0. The van der Waals surface area contributed by atoms with Gasteiger partial charge in [-0.25, -0.2) is 4.79 Å². The Morgan fingerprint density at radius 2 is 1.62 bits per heavy atom. The lowest BCUT2D eigenvalue weighted by atomic mass is 10.0. The molecule has 0 aliphatic heterocycles. The second-order valence-electron chi connectivity index (χ2n) is 6.83. The first-order chi connectivity index (χ1) is 9.73. The third-order valence-corrected chi connectivity index (χ3v) is 2.72. The lowest BCUT2D eigenvalue weighted by molar-refractivity contribution is -0.0187. The fourth-order valence-corrected chi connectivity index (χ4v) is 1.54. The van der Waals surface area contributed by atoms with E-state index in [4.69, 9.17) is 9.47 Å². The Balaban J connectivity index is 3.95. The van der Waals surface area contributed by atoms with Gasteiger partial charge in [-0.3, -0.25) is 0 Å². The van der Waals surface area contributed by atoms with Gasteiger partial charge in [0.15, 0.2) is 0 Å². The van der Waals surface area contributed by atoms with E-state index in [-0.39, 0.29) is 0 Å². The zero-order valence-electron chi connectivity index (χ0n) is 14.5. The number of hydrogen-bond acceptors (Lipinski definition) is 3. The Hall–Kier alpha value is -1.25. The predicted octanol–water partition coefficient (Wildman–Crippen LogP) is 5.51. The molecule has 122 valence electrons. The van der Waals surface area contributed by atoms with E-state index in [1.165, 1.54) is 0 Å². The average molecular weight is 296 g/mol. The van der Waals surface area contributed by atoms with Crippen LogP contribution in [-0.2, 0) is 9.47 Å². The zero-order chi connectivity index (χ0) is 16.3. The first kappa shape index (κ1) is 19.8. The van der Waals surface area contributed by atoms with Crippen molar-refractivity contribution in [3.8, 4) is 0 Å². The molecule has 0 fully saturated rings. The van der Waals surface area contributed by atoms with Gasteiger partial charge >= 0.3 is 6.16 Å². The summed E-state index contributed by atoms with van der Waals surface area (Å²) in [6.45, 7) is 12.6. The van der Waals surface area contributed by atoms with E-state index in [0.717, 1.165) is 12.8 Å². The van der Waals surface area contributed by atoms with Crippen molar-refractivity contribution >= 4 is 6.16 Å². The molecule has 0 aliphatic carbocycles. The largest absolute Gasteiger partial charge is 0.508 e. The predicted molar refractivity (Wildman–Crippen MR) is 88.3 cm³/mol. The molecule has 0 aromatic rings. The highest BCUT2D eigenvalue weighted by Crippen LogP contribution is 2.16. The molecule has 0 heterocycles. The van der Waals surface area contributed by atoms with Crippen LogP contribution in [0.5, 0.6) is 0 Å². The SMILES string of the molecule is CC(C)C/C=C\C/C=C\CC(C)(C)OC(=O)OCC(C)C. The van der Waals surface area contributed by atoms with E-state index in [2.05, 4.69) is 38.2 Å². The van der Waals surface area contributed by atoms with Crippen LogP contribution >= 0.6 is 0 Å². The topological polar surface area (TPSA) is 35.5 Å². The highest BCUT2D eigenvalue weighted by molar-refractivity contribution is 5.60. The Morgan fingerprint density at radius 1 is 1.00 bits per heavy atom. The molecular weight excluding hydrogens is 264 g/mol. The fourth-order valence-electron chi connectivity index (χ4n) is 1.54. The number of rotatable bonds is 9. The van der Waals surface area contributed by atoms with Gasteiger partial charge in [0.1, 0.15) is 5.60 Å². The van der Waals surface area contributed by atoms with Crippen LogP contribution in [0.15, 0.2) is 24.3 Å². The maximum Gasteiger partial charge on any atom is 0.508 e. The van der Waals surface area contributed by atoms with Gasteiger partial charge in [-0.15, -0.1) is 0 Å². The minimum atomic E-state index is -0.584. The van der Waals surface area contributed by atoms with Crippen LogP contribution in [0.25, 0.3) is 0 Å². The quantitative estimate of drug-likeness (QED) is 0.415. The second-order valence-corrected chi connectivity index (χ2v) is 6.83. The molecule has 0 spiro atoms. The minimum Gasteiger partial charge on any atom is -0.434 e. The molecule has 0 atom stereocenters. The van der Waals surface area contributed by atoms with Crippen LogP contribution in [0, 0.1) is 11.8 Å². The van der Waals surface area contributed by atoms with Crippen LogP contribution in [0.2, 0.25) is 0 Å². The van der Waals surface area contributed by atoms with Crippen LogP contribution < -0.4 is 0 Å². The number of allylic oxidation sites excluding steroid dienone is 3. The molecule has 0 saturated carbocycles. The highest BCUT2D eigenvalue weighted by atomic mass is 16.7. The number of ether oxygens (including phenoxy) is 2. The lowest BCUT2D eigenvalue weighted by Gasteiger charge is -2.23. The fraction of sp³-hybridized carbons (Fsp3) is 0.722. The van der Waals surface area contributed by atoms with Crippen molar-refractivity contribution in [1.82, 2.24) is 0 Å². The van der Waals surface area contributed by atoms with Crippen molar-refractivity contribution < 1.29 is 14.3 Å². The molecule has 3 heteroatoms. The molecule has 0 unspecified atom stereocenters. The summed E-state index contributed by atoms with van der Waals surface area (Å²) < 4.78 is 10.3. The van der Waals surface area contributed by atoms with Gasteiger partial charge in [-0.05, 0) is 38.5 Å². The van der Waals surface area contributed by atoms with Crippen LogP contribution in [0.3, 0.4) is 0 Å². The summed E-state index contributed by atoms with van der Waals surface area (Å²) in [6, 6.07) is 0. The van der Waals surface area contributed by atoms with Gasteiger partial charge in [0.05, 0.1) is 6.61 Å². The van der Waals surface area contributed by atoms with E-state index >= 15 is 0 Å². The van der Waals surface area contributed by atoms with E-state index in [9.17, 15) is 4.79 Å². The Kier molecular flexibility index (Phi) is 9.85.